The van der Waals surface area contributed by atoms with Gasteiger partial charge in [0.15, 0.2) is 0 Å². The van der Waals surface area contributed by atoms with Crippen molar-refractivity contribution in [2.75, 3.05) is 0 Å². The molecule has 0 radical (unpaired) electrons. The van der Waals surface area contributed by atoms with E-state index in [-0.39, 0.29) is 11.5 Å². The molecule has 29 heavy (non-hydrogen) atoms. The summed E-state index contributed by atoms with van der Waals surface area (Å²) in [5.74, 6) is -1.46. The number of aliphatic carboxylic acids is 2. The molecule has 6 nitrogen and oxygen atoms in total. The molecule has 1 aromatic rings. The van der Waals surface area contributed by atoms with Crippen molar-refractivity contribution in [2.24, 2.45) is 10.8 Å². The first-order chi connectivity index (χ1) is 13.4. The summed E-state index contributed by atoms with van der Waals surface area (Å²) in [5, 5.41) is 38.5. The van der Waals surface area contributed by atoms with Gasteiger partial charge in [-0.2, -0.15) is 0 Å². The third-order valence-corrected chi connectivity index (χ3v) is 5.68. The normalized spacial score (nSPS) is 12.1. The largest absolute Gasteiger partial charge is 0.508 e. The van der Waals surface area contributed by atoms with Crippen molar-refractivity contribution in [3.05, 3.63) is 23.3 Å². The van der Waals surface area contributed by atoms with E-state index in [1.165, 1.54) is 6.07 Å². The third-order valence-electron chi connectivity index (χ3n) is 5.68. The van der Waals surface area contributed by atoms with Crippen molar-refractivity contribution >= 4 is 11.9 Å². The SMILES string of the molecule is CC(C)(CCCCCc1cc(CCCCC(C)(C)C(=O)O)c(O)cc1O)C(=O)O. The molecule has 4 N–H and O–H groups in total. The van der Waals surface area contributed by atoms with Crippen molar-refractivity contribution in [3.63, 3.8) is 0 Å². The molecule has 0 heterocycles. The molecule has 1 aromatic carbocycles. The maximum Gasteiger partial charge on any atom is 0.309 e. The van der Waals surface area contributed by atoms with Gasteiger partial charge in [0.1, 0.15) is 11.5 Å². The van der Waals surface area contributed by atoms with Crippen LogP contribution in [-0.2, 0) is 22.4 Å². The number of benzene rings is 1. The van der Waals surface area contributed by atoms with Crippen LogP contribution in [0.25, 0.3) is 0 Å². The van der Waals surface area contributed by atoms with Crippen LogP contribution in [0.1, 0.15) is 83.8 Å². The average Bonchev–Trinajstić information content (AvgIpc) is 2.60. The highest BCUT2D eigenvalue weighted by atomic mass is 16.4. The van der Waals surface area contributed by atoms with E-state index in [0.29, 0.717) is 25.7 Å². The lowest BCUT2D eigenvalue weighted by molar-refractivity contribution is -0.148. The van der Waals surface area contributed by atoms with Crippen molar-refractivity contribution in [2.45, 2.75) is 85.5 Å². The van der Waals surface area contributed by atoms with E-state index in [1.807, 2.05) is 6.07 Å². The molecule has 164 valence electrons. The van der Waals surface area contributed by atoms with Crippen LogP contribution in [0.5, 0.6) is 11.5 Å². The molecule has 6 heteroatoms. The monoisotopic (exact) mass is 408 g/mol. The van der Waals surface area contributed by atoms with Gasteiger partial charge in [-0.15, -0.1) is 0 Å². The zero-order valence-electron chi connectivity index (χ0n) is 18.1. The number of carboxylic acid groups (broad SMARTS) is 2. The highest BCUT2D eigenvalue weighted by Gasteiger charge is 2.26. The van der Waals surface area contributed by atoms with Gasteiger partial charge in [0.05, 0.1) is 10.8 Å². The van der Waals surface area contributed by atoms with Crippen LogP contribution in [0.3, 0.4) is 0 Å². The molecule has 0 aliphatic carbocycles. The fraction of sp³-hybridized carbons (Fsp3) is 0.652. The Labute approximate surface area is 173 Å². The van der Waals surface area contributed by atoms with Gasteiger partial charge >= 0.3 is 11.9 Å². The Kier molecular flexibility index (Phi) is 8.99. The van der Waals surface area contributed by atoms with E-state index >= 15 is 0 Å². The highest BCUT2D eigenvalue weighted by Crippen LogP contribution is 2.31. The Morgan fingerprint density at radius 3 is 1.48 bits per heavy atom. The van der Waals surface area contributed by atoms with E-state index in [0.717, 1.165) is 43.2 Å². The van der Waals surface area contributed by atoms with Gasteiger partial charge in [-0.25, -0.2) is 0 Å². The van der Waals surface area contributed by atoms with Crippen molar-refractivity contribution < 1.29 is 30.0 Å². The van der Waals surface area contributed by atoms with Crippen LogP contribution in [0, 0.1) is 10.8 Å². The highest BCUT2D eigenvalue weighted by molar-refractivity contribution is 5.73. The predicted molar refractivity (Wildman–Crippen MR) is 112 cm³/mol. The number of aryl methyl sites for hydroxylation is 2. The smallest absolute Gasteiger partial charge is 0.309 e. The number of hydrogen-bond donors (Lipinski definition) is 4. The molecule has 0 bridgehead atoms. The summed E-state index contributed by atoms with van der Waals surface area (Å²) in [5.41, 5.74) is 0.0690. The first-order valence-corrected chi connectivity index (χ1v) is 10.4. The van der Waals surface area contributed by atoms with Crippen LogP contribution in [-0.4, -0.2) is 32.4 Å². The number of unbranched alkanes of at least 4 members (excludes halogenated alkanes) is 3. The van der Waals surface area contributed by atoms with Crippen LogP contribution >= 0.6 is 0 Å². The van der Waals surface area contributed by atoms with Gasteiger partial charge in [-0.05, 0) is 83.4 Å². The van der Waals surface area contributed by atoms with Crippen LogP contribution < -0.4 is 0 Å². The summed E-state index contributed by atoms with van der Waals surface area (Å²) < 4.78 is 0. The van der Waals surface area contributed by atoms with E-state index in [1.54, 1.807) is 27.7 Å². The number of phenols is 2. The molecule has 0 fully saturated rings. The van der Waals surface area contributed by atoms with Crippen molar-refractivity contribution in [3.8, 4) is 11.5 Å². The minimum absolute atomic E-state index is 0.0620. The lowest BCUT2D eigenvalue weighted by Crippen LogP contribution is -2.23. The summed E-state index contributed by atoms with van der Waals surface area (Å²) in [6.07, 6.45) is 6.50. The molecular weight excluding hydrogens is 372 g/mol. The molecule has 0 saturated heterocycles. The second kappa shape index (κ2) is 10.5. The number of carbonyl (C=O) groups is 2. The third kappa shape index (κ3) is 7.95. The van der Waals surface area contributed by atoms with Gasteiger partial charge in [-0.3, -0.25) is 9.59 Å². The molecule has 0 saturated carbocycles. The fourth-order valence-electron chi connectivity index (χ4n) is 3.23. The number of hydrogen-bond acceptors (Lipinski definition) is 4. The second-order valence-corrected chi connectivity index (χ2v) is 9.26. The lowest BCUT2D eigenvalue weighted by Gasteiger charge is -2.19. The van der Waals surface area contributed by atoms with Crippen LogP contribution in [0.2, 0.25) is 0 Å². The van der Waals surface area contributed by atoms with Crippen molar-refractivity contribution in [1.29, 1.82) is 0 Å². The molecule has 0 atom stereocenters. The molecule has 0 spiro atoms. The fourth-order valence-corrected chi connectivity index (χ4v) is 3.23. The van der Waals surface area contributed by atoms with E-state index in [2.05, 4.69) is 0 Å². The quantitative estimate of drug-likeness (QED) is 0.336. The number of rotatable bonds is 13. The Morgan fingerprint density at radius 1 is 0.690 bits per heavy atom. The molecule has 0 aliphatic heterocycles. The van der Waals surface area contributed by atoms with Crippen LogP contribution in [0.4, 0.5) is 0 Å². The Balaban J connectivity index is 2.53. The zero-order chi connectivity index (χ0) is 22.2. The number of phenolic OH excluding ortho intramolecular Hbond substituents is 2. The Hall–Kier alpha value is -2.24. The van der Waals surface area contributed by atoms with Gasteiger partial charge in [0.25, 0.3) is 0 Å². The van der Waals surface area contributed by atoms with Gasteiger partial charge in [-0.1, -0.05) is 19.3 Å². The standard InChI is InChI=1S/C23H36O6/c1-22(2,20(26)27)12-8-5-6-10-16-14-17(19(25)15-18(16)24)11-7-9-13-23(3,4)21(28)29/h14-15,24-25H,5-13H2,1-4H3,(H,26,27)(H,28,29). The minimum Gasteiger partial charge on any atom is -0.508 e. The zero-order valence-corrected chi connectivity index (χ0v) is 18.1. The van der Waals surface area contributed by atoms with E-state index < -0.39 is 22.8 Å². The molecule has 0 amide bonds. The summed E-state index contributed by atoms with van der Waals surface area (Å²) in [6.45, 7) is 6.88. The van der Waals surface area contributed by atoms with Gasteiger partial charge in [0, 0.05) is 6.07 Å². The number of aromatic hydroxyl groups is 2. The van der Waals surface area contributed by atoms with Gasteiger partial charge < -0.3 is 20.4 Å². The summed E-state index contributed by atoms with van der Waals surface area (Å²) >= 11 is 0. The van der Waals surface area contributed by atoms with E-state index in [9.17, 15) is 19.8 Å². The summed E-state index contributed by atoms with van der Waals surface area (Å²) in [6, 6.07) is 3.20. The average molecular weight is 409 g/mol. The van der Waals surface area contributed by atoms with Gasteiger partial charge in [0.2, 0.25) is 0 Å². The summed E-state index contributed by atoms with van der Waals surface area (Å²) in [7, 11) is 0. The first-order valence-electron chi connectivity index (χ1n) is 10.4. The number of carboxylic acids is 2. The molecular formula is C23H36O6. The first kappa shape index (κ1) is 24.8. The molecule has 0 unspecified atom stereocenters. The summed E-state index contributed by atoms with van der Waals surface area (Å²) in [4.78, 5) is 22.3. The maximum atomic E-state index is 11.2. The molecule has 0 aromatic heterocycles. The minimum atomic E-state index is -0.806. The Bertz CT molecular complexity index is 706. The topological polar surface area (TPSA) is 115 Å². The molecule has 0 aliphatic rings. The molecule has 1 rings (SSSR count). The lowest BCUT2D eigenvalue weighted by atomic mass is 9.86. The van der Waals surface area contributed by atoms with Crippen molar-refractivity contribution in [1.82, 2.24) is 0 Å². The van der Waals surface area contributed by atoms with Crippen LogP contribution in [0.15, 0.2) is 12.1 Å². The second-order valence-electron chi connectivity index (χ2n) is 9.26. The van der Waals surface area contributed by atoms with E-state index in [4.69, 9.17) is 10.2 Å². The maximum absolute atomic E-state index is 11.2. The Morgan fingerprint density at radius 2 is 1.07 bits per heavy atom. The predicted octanol–water partition coefficient (Wildman–Crippen LogP) is 5.14.